The first-order chi connectivity index (χ1) is 9.46. The van der Waals surface area contributed by atoms with Crippen molar-refractivity contribution < 1.29 is 4.74 Å². The van der Waals surface area contributed by atoms with Gasteiger partial charge in [-0.3, -0.25) is 0 Å². The predicted octanol–water partition coefficient (Wildman–Crippen LogP) is 2.27. The average Bonchev–Trinajstić information content (AvgIpc) is 2.84. The quantitative estimate of drug-likeness (QED) is 0.755. The highest BCUT2D eigenvalue weighted by Gasteiger charge is 2.33. The van der Waals surface area contributed by atoms with Crippen molar-refractivity contribution in [3.05, 3.63) is 12.2 Å². The zero-order chi connectivity index (χ0) is 15.2. The van der Waals surface area contributed by atoms with Crippen LogP contribution in [0.1, 0.15) is 46.9 Å². The van der Waals surface area contributed by atoms with Gasteiger partial charge in [0.25, 0.3) is 0 Å². The molecule has 1 heterocycles. The van der Waals surface area contributed by atoms with E-state index in [1.165, 1.54) is 0 Å². The molecule has 0 aromatic carbocycles. The zero-order valence-corrected chi connectivity index (χ0v) is 13.8. The molecule has 2 unspecified atom stereocenters. The second-order valence-corrected chi connectivity index (χ2v) is 5.94. The maximum atomic E-state index is 5.75. The molecule has 0 saturated heterocycles. The number of hydrogen-bond donors (Lipinski definition) is 1. The minimum absolute atomic E-state index is 0.190. The lowest BCUT2D eigenvalue weighted by atomic mass is 9.90. The lowest BCUT2D eigenvalue weighted by Gasteiger charge is -2.36. The van der Waals surface area contributed by atoms with E-state index in [-0.39, 0.29) is 11.6 Å². The SMILES string of the molecule is CCNC(Cc1ncnn1CC(C)C)C(C)(CC)OC. The van der Waals surface area contributed by atoms with Gasteiger partial charge in [-0.1, -0.05) is 27.7 Å². The van der Waals surface area contributed by atoms with Crippen LogP contribution in [-0.2, 0) is 17.7 Å². The third-order valence-corrected chi connectivity index (χ3v) is 3.98. The monoisotopic (exact) mass is 282 g/mol. The van der Waals surface area contributed by atoms with Crippen LogP contribution < -0.4 is 5.32 Å². The van der Waals surface area contributed by atoms with E-state index in [0.29, 0.717) is 5.92 Å². The van der Waals surface area contributed by atoms with Gasteiger partial charge < -0.3 is 10.1 Å². The molecule has 1 aromatic heterocycles. The van der Waals surface area contributed by atoms with Gasteiger partial charge in [-0.25, -0.2) is 9.67 Å². The maximum Gasteiger partial charge on any atom is 0.138 e. The molecule has 0 aliphatic heterocycles. The van der Waals surface area contributed by atoms with E-state index in [9.17, 15) is 0 Å². The Morgan fingerprint density at radius 2 is 2.10 bits per heavy atom. The highest BCUT2D eigenvalue weighted by Crippen LogP contribution is 2.22. The molecule has 0 spiro atoms. The summed E-state index contributed by atoms with van der Waals surface area (Å²) in [6.45, 7) is 12.6. The first-order valence-electron chi connectivity index (χ1n) is 7.62. The molecule has 116 valence electrons. The Labute approximate surface area is 123 Å². The number of hydrogen-bond acceptors (Lipinski definition) is 4. The van der Waals surface area contributed by atoms with Gasteiger partial charge in [0.05, 0.1) is 5.60 Å². The van der Waals surface area contributed by atoms with Crippen LogP contribution in [-0.4, -0.2) is 40.1 Å². The Bertz CT molecular complexity index is 385. The number of likely N-dealkylation sites (N-methyl/N-ethyl adjacent to an activating group) is 1. The lowest BCUT2D eigenvalue weighted by molar-refractivity contribution is -0.0291. The summed E-state index contributed by atoms with van der Waals surface area (Å²) in [7, 11) is 1.78. The lowest BCUT2D eigenvalue weighted by Crippen LogP contribution is -2.51. The van der Waals surface area contributed by atoms with E-state index in [4.69, 9.17) is 4.74 Å². The molecule has 0 aliphatic carbocycles. The van der Waals surface area contributed by atoms with Gasteiger partial charge in [0.15, 0.2) is 0 Å². The van der Waals surface area contributed by atoms with Gasteiger partial charge in [-0.2, -0.15) is 5.10 Å². The molecule has 0 aliphatic rings. The number of rotatable bonds is 9. The molecule has 1 rings (SSSR count). The third-order valence-electron chi connectivity index (χ3n) is 3.98. The van der Waals surface area contributed by atoms with Crippen LogP contribution in [0.15, 0.2) is 6.33 Å². The fraction of sp³-hybridized carbons (Fsp3) is 0.867. The summed E-state index contributed by atoms with van der Waals surface area (Å²) in [6, 6.07) is 0.234. The first kappa shape index (κ1) is 17.1. The molecule has 0 amide bonds. The van der Waals surface area contributed by atoms with Gasteiger partial charge >= 0.3 is 0 Å². The predicted molar refractivity (Wildman–Crippen MR) is 81.7 cm³/mol. The van der Waals surface area contributed by atoms with Crippen LogP contribution in [0.4, 0.5) is 0 Å². The Morgan fingerprint density at radius 1 is 1.40 bits per heavy atom. The van der Waals surface area contributed by atoms with Crippen molar-refractivity contribution in [2.75, 3.05) is 13.7 Å². The topological polar surface area (TPSA) is 52.0 Å². The third kappa shape index (κ3) is 4.28. The van der Waals surface area contributed by atoms with Gasteiger partial charge in [0.2, 0.25) is 0 Å². The molecule has 5 heteroatoms. The fourth-order valence-electron chi connectivity index (χ4n) is 2.41. The van der Waals surface area contributed by atoms with E-state index in [1.54, 1.807) is 13.4 Å². The van der Waals surface area contributed by atoms with Crippen molar-refractivity contribution in [1.29, 1.82) is 0 Å². The summed E-state index contributed by atoms with van der Waals surface area (Å²) in [5.41, 5.74) is -0.190. The van der Waals surface area contributed by atoms with Crippen molar-refractivity contribution in [2.45, 2.75) is 65.6 Å². The molecule has 2 atom stereocenters. The van der Waals surface area contributed by atoms with Crippen LogP contribution in [0.2, 0.25) is 0 Å². The Morgan fingerprint density at radius 3 is 2.60 bits per heavy atom. The van der Waals surface area contributed by atoms with E-state index in [2.05, 4.69) is 50.0 Å². The number of nitrogens with one attached hydrogen (secondary N) is 1. The molecule has 0 radical (unpaired) electrons. The van der Waals surface area contributed by atoms with Gasteiger partial charge in [-0.05, 0) is 25.8 Å². The van der Waals surface area contributed by atoms with Crippen LogP contribution >= 0.6 is 0 Å². The molecular formula is C15H30N4O. The molecule has 5 nitrogen and oxygen atoms in total. The van der Waals surface area contributed by atoms with E-state index in [0.717, 1.165) is 31.8 Å². The zero-order valence-electron chi connectivity index (χ0n) is 13.8. The van der Waals surface area contributed by atoms with Crippen LogP contribution in [0, 0.1) is 5.92 Å². The summed E-state index contributed by atoms with van der Waals surface area (Å²) in [4.78, 5) is 4.43. The van der Waals surface area contributed by atoms with Crippen LogP contribution in [0.5, 0.6) is 0 Å². The summed E-state index contributed by atoms with van der Waals surface area (Å²) in [5, 5.41) is 7.88. The highest BCUT2D eigenvalue weighted by atomic mass is 16.5. The van der Waals surface area contributed by atoms with Crippen LogP contribution in [0.3, 0.4) is 0 Å². The van der Waals surface area contributed by atoms with Gasteiger partial charge in [0.1, 0.15) is 12.2 Å². The fourth-order valence-corrected chi connectivity index (χ4v) is 2.41. The molecule has 0 bridgehead atoms. The minimum atomic E-state index is -0.190. The summed E-state index contributed by atoms with van der Waals surface area (Å²) in [5.74, 6) is 1.59. The standard InChI is InChI=1S/C15H30N4O/c1-7-15(5,20-6)13(16-8-2)9-14-17-11-18-19(14)10-12(3)4/h11-13,16H,7-10H2,1-6H3. The van der Waals surface area contributed by atoms with Gasteiger partial charge in [-0.15, -0.1) is 0 Å². The Hall–Kier alpha value is -0.940. The highest BCUT2D eigenvalue weighted by molar-refractivity contribution is 4.98. The normalized spacial score (nSPS) is 16.4. The van der Waals surface area contributed by atoms with E-state index < -0.39 is 0 Å². The minimum Gasteiger partial charge on any atom is -0.377 e. The smallest absolute Gasteiger partial charge is 0.138 e. The molecule has 1 aromatic rings. The summed E-state index contributed by atoms with van der Waals surface area (Å²) in [6.07, 6.45) is 3.44. The van der Waals surface area contributed by atoms with Crippen molar-refractivity contribution >= 4 is 0 Å². The molecule has 0 saturated carbocycles. The number of aromatic nitrogens is 3. The van der Waals surface area contributed by atoms with Crippen molar-refractivity contribution in [3.63, 3.8) is 0 Å². The second-order valence-electron chi connectivity index (χ2n) is 5.94. The second kappa shape index (κ2) is 7.74. The largest absolute Gasteiger partial charge is 0.377 e. The van der Waals surface area contributed by atoms with Crippen molar-refractivity contribution in [2.24, 2.45) is 5.92 Å². The maximum absolute atomic E-state index is 5.75. The summed E-state index contributed by atoms with van der Waals surface area (Å²) < 4.78 is 7.77. The van der Waals surface area contributed by atoms with Gasteiger partial charge in [0, 0.05) is 26.1 Å². The number of ether oxygens (including phenoxy) is 1. The molecular weight excluding hydrogens is 252 g/mol. The molecule has 1 N–H and O–H groups in total. The Balaban J connectivity index is 2.88. The number of nitrogens with zero attached hydrogens (tertiary/aromatic N) is 3. The van der Waals surface area contributed by atoms with Crippen molar-refractivity contribution in [3.8, 4) is 0 Å². The van der Waals surface area contributed by atoms with Crippen LogP contribution in [0.25, 0.3) is 0 Å². The molecule has 20 heavy (non-hydrogen) atoms. The van der Waals surface area contributed by atoms with E-state index >= 15 is 0 Å². The number of methoxy groups -OCH3 is 1. The molecule has 0 fully saturated rings. The summed E-state index contributed by atoms with van der Waals surface area (Å²) >= 11 is 0. The van der Waals surface area contributed by atoms with E-state index in [1.807, 2.05) is 4.68 Å². The first-order valence-corrected chi connectivity index (χ1v) is 7.62. The average molecular weight is 282 g/mol. The Kier molecular flexibility index (Phi) is 6.62. The van der Waals surface area contributed by atoms with Crippen molar-refractivity contribution in [1.82, 2.24) is 20.1 Å².